The summed E-state index contributed by atoms with van der Waals surface area (Å²) >= 11 is 17.8. The maximum atomic E-state index is 13.5. The Bertz CT molecular complexity index is 493. The topological polar surface area (TPSA) is 54.3 Å². The van der Waals surface area contributed by atoms with Crippen molar-refractivity contribution in [1.29, 1.82) is 0 Å². The second kappa shape index (κ2) is 7.39. The van der Waals surface area contributed by atoms with Gasteiger partial charge in [-0.15, -0.1) is 0 Å². The Balaban J connectivity index is 1.99. The van der Waals surface area contributed by atoms with Crippen LogP contribution in [0.1, 0.15) is 36.7 Å². The minimum atomic E-state index is -1.74. The van der Waals surface area contributed by atoms with E-state index in [1.807, 2.05) is 6.92 Å². The summed E-state index contributed by atoms with van der Waals surface area (Å²) in [6.07, 6.45) is 1.38. The molecule has 4 atom stereocenters. The largest absolute Gasteiger partial charge is 0.459 e. The standard InChI is InChI=1S/C14H18Cl3FN2O2/c1-8-7-9(4-5-10(8)18)19-13(14(15,16)17)20-12(21)11-3-2-6-22-11/h2-3,6,8-10,13,19H,4-5,7H2,1H3,(H,20,21). The highest BCUT2D eigenvalue weighted by Crippen LogP contribution is 2.32. The second-order valence-electron chi connectivity index (χ2n) is 5.60. The van der Waals surface area contributed by atoms with Gasteiger partial charge in [0.2, 0.25) is 3.79 Å². The number of rotatable bonds is 4. The summed E-state index contributed by atoms with van der Waals surface area (Å²) in [7, 11) is 0. The van der Waals surface area contributed by atoms with E-state index in [4.69, 9.17) is 39.2 Å². The van der Waals surface area contributed by atoms with Crippen molar-refractivity contribution in [2.45, 2.75) is 48.4 Å². The first-order chi connectivity index (χ1) is 10.3. The minimum absolute atomic E-state index is 0.0282. The quantitative estimate of drug-likeness (QED) is 0.625. The molecule has 0 saturated heterocycles. The molecule has 1 heterocycles. The van der Waals surface area contributed by atoms with E-state index in [0.717, 1.165) is 0 Å². The number of alkyl halides is 4. The molecule has 1 amide bonds. The third-order valence-electron chi connectivity index (χ3n) is 3.81. The van der Waals surface area contributed by atoms with Crippen LogP contribution in [-0.4, -0.2) is 28.1 Å². The maximum Gasteiger partial charge on any atom is 0.288 e. The van der Waals surface area contributed by atoms with Gasteiger partial charge in [-0.3, -0.25) is 10.1 Å². The fraction of sp³-hybridized carbons (Fsp3) is 0.643. The molecule has 0 bridgehead atoms. The normalized spacial score (nSPS) is 27.4. The van der Waals surface area contributed by atoms with Crippen LogP contribution >= 0.6 is 34.8 Å². The number of nitrogens with one attached hydrogen (secondary N) is 2. The summed E-state index contributed by atoms with van der Waals surface area (Å²) in [4.78, 5) is 12.0. The zero-order valence-corrected chi connectivity index (χ0v) is 14.3. The molecule has 1 aliphatic rings. The van der Waals surface area contributed by atoms with Gasteiger partial charge >= 0.3 is 0 Å². The summed E-state index contributed by atoms with van der Waals surface area (Å²) < 4.78 is 16.8. The van der Waals surface area contributed by atoms with E-state index >= 15 is 0 Å². The van der Waals surface area contributed by atoms with E-state index in [1.165, 1.54) is 12.3 Å². The molecule has 8 heteroatoms. The van der Waals surface area contributed by atoms with Crippen LogP contribution in [0.4, 0.5) is 4.39 Å². The molecule has 1 fully saturated rings. The van der Waals surface area contributed by atoms with Gasteiger partial charge in [0, 0.05) is 6.04 Å². The summed E-state index contributed by atoms with van der Waals surface area (Å²) in [5.74, 6) is -0.425. The third-order valence-corrected chi connectivity index (χ3v) is 4.47. The van der Waals surface area contributed by atoms with Gasteiger partial charge in [0.25, 0.3) is 5.91 Å². The van der Waals surface area contributed by atoms with Crippen LogP contribution in [0.5, 0.6) is 0 Å². The van der Waals surface area contributed by atoms with E-state index in [-0.39, 0.29) is 17.7 Å². The molecule has 0 aliphatic heterocycles. The highest BCUT2D eigenvalue weighted by atomic mass is 35.6. The van der Waals surface area contributed by atoms with Crippen molar-refractivity contribution in [3.63, 3.8) is 0 Å². The number of amides is 1. The Morgan fingerprint density at radius 1 is 1.45 bits per heavy atom. The Labute approximate surface area is 143 Å². The summed E-state index contributed by atoms with van der Waals surface area (Å²) in [5, 5.41) is 5.70. The van der Waals surface area contributed by atoms with Crippen molar-refractivity contribution in [3.05, 3.63) is 24.2 Å². The Kier molecular flexibility index (Phi) is 6.00. The molecule has 1 aromatic rings. The van der Waals surface area contributed by atoms with E-state index < -0.39 is 22.0 Å². The maximum absolute atomic E-state index is 13.5. The average molecular weight is 372 g/mol. The first-order valence-corrected chi connectivity index (χ1v) is 8.22. The second-order valence-corrected chi connectivity index (χ2v) is 7.96. The van der Waals surface area contributed by atoms with E-state index in [9.17, 15) is 9.18 Å². The van der Waals surface area contributed by atoms with Gasteiger partial charge in [-0.25, -0.2) is 4.39 Å². The van der Waals surface area contributed by atoms with Crippen LogP contribution in [-0.2, 0) is 0 Å². The van der Waals surface area contributed by atoms with Crippen LogP contribution in [0, 0.1) is 5.92 Å². The molecule has 0 aromatic carbocycles. The summed E-state index contributed by atoms with van der Waals surface area (Å²) in [5.41, 5.74) is 0. The molecule has 1 saturated carbocycles. The van der Waals surface area contributed by atoms with Crippen molar-refractivity contribution in [3.8, 4) is 0 Å². The fourth-order valence-corrected chi connectivity index (χ4v) is 2.93. The number of carbonyl (C=O) groups excluding carboxylic acids is 1. The molecule has 22 heavy (non-hydrogen) atoms. The summed E-state index contributed by atoms with van der Waals surface area (Å²) in [6, 6.07) is 3.08. The number of carbonyl (C=O) groups is 1. The van der Waals surface area contributed by atoms with E-state index in [0.29, 0.717) is 19.3 Å². The molecular weight excluding hydrogens is 354 g/mol. The lowest BCUT2D eigenvalue weighted by Crippen LogP contribution is -2.57. The molecule has 1 aromatic heterocycles. The van der Waals surface area contributed by atoms with Gasteiger partial charge in [0.1, 0.15) is 12.3 Å². The lowest BCUT2D eigenvalue weighted by Gasteiger charge is -2.35. The third kappa shape index (κ3) is 4.75. The molecule has 2 rings (SSSR count). The summed E-state index contributed by atoms with van der Waals surface area (Å²) in [6.45, 7) is 1.85. The number of furan rings is 1. The molecule has 4 unspecified atom stereocenters. The number of hydrogen-bond acceptors (Lipinski definition) is 3. The van der Waals surface area contributed by atoms with Gasteiger partial charge in [0.05, 0.1) is 6.26 Å². The molecule has 0 radical (unpaired) electrons. The SMILES string of the molecule is CC1CC(NC(NC(=O)c2ccco2)C(Cl)(Cl)Cl)CCC1F. The molecular formula is C14H18Cl3FN2O2. The Morgan fingerprint density at radius 2 is 2.18 bits per heavy atom. The number of hydrogen-bond donors (Lipinski definition) is 2. The first-order valence-electron chi connectivity index (χ1n) is 7.08. The lowest BCUT2D eigenvalue weighted by molar-refractivity contribution is 0.0886. The molecule has 4 nitrogen and oxygen atoms in total. The predicted octanol–water partition coefficient (Wildman–Crippen LogP) is 3.82. The highest BCUT2D eigenvalue weighted by Gasteiger charge is 2.37. The Morgan fingerprint density at radius 3 is 2.73 bits per heavy atom. The van der Waals surface area contributed by atoms with Crippen molar-refractivity contribution in [2.75, 3.05) is 0 Å². The average Bonchev–Trinajstić information content (AvgIpc) is 2.95. The molecule has 0 spiro atoms. The zero-order chi connectivity index (χ0) is 16.3. The Hall–Kier alpha value is -0.490. The van der Waals surface area contributed by atoms with Gasteiger partial charge in [-0.1, -0.05) is 41.7 Å². The monoisotopic (exact) mass is 370 g/mol. The van der Waals surface area contributed by atoms with Gasteiger partial charge < -0.3 is 9.73 Å². The van der Waals surface area contributed by atoms with Crippen molar-refractivity contribution in [1.82, 2.24) is 10.6 Å². The van der Waals surface area contributed by atoms with Crippen molar-refractivity contribution in [2.24, 2.45) is 5.92 Å². The van der Waals surface area contributed by atoms with E-state index in [2.05, 4.69) is 10.6 Å². The predicted molar refractivity (Wildman–Crippen MR) is 85.1 cm³/mol. The van der Waals surface area contributed by atoms with Gasteiger partial charge in [-0.05, 0) is 37.3 Å². The number of halogens is 4. The van der Waals surface area contributed by atoms with Gasteiger partial charge in [0.15, 0.2) is 5.76 Å². The molecule has 2 N–H and O–H groups in total. The van der Waals surface area contributed by atoms with Crippen LogP contribution < -0.4 is 10.6 Å². The minimum Gasteiger partial charge on any atom is -0.459 e. The van der Waals surface area contributed by atoms with E-state index in [1.54, 1.807) is 6.07 Å². The fourth-order valence-electron chi connectivity index (χ4n) is 2.57. The van der Waals surface area contributed by atoms with Crippen LogP contribution in [0.3, 0.4) is 0 Å². The van der Waals surface area contributed by atoms with Crippen molar-refractivity contribution < 1.29 is 13.6 Å². The smallest absolute Gasteiger partial charge is 0.288 e. The molecule has 1 aliphatic carbocycles. The van der Waals surface area contributed by atoms with Crippen molar-refractivity contribution >= 4 is 40.7 Å². The molecule has 124 valence electrons. The lowest BCUT2D eigenvalue weighted by atomic mass is 9.85. The zero-order valence-electron chi connectivity index (χ0n) is 12.0. The van der Waals surface area contributed by atoms with Gasteiger partial charge in [-0.2, -0.15) is 0 Å². The van der Waals surface area contributed by atoms with Crippen LogP contribution in [0.15, 0.2) is 22.8 Å². The highest BCUT2D eigenvalue weighted by molar-refractivity contribution is 6.68. The first kappa shape index (κ1) is 17.9. The van der Waals surface area contributed by atoms with Crippen LogP contribution in [0.25, 0.3) is 0 Å². The van der Waals surface area contributed by atoms with Crippen LogP contribution in [0.2, 0.25) is 0 Å².